The molecule has 2 aromatic rings. The van der Waals surface area contributed by atoms with E-state index in [0.717, 1.165) is 0 Å². The van der Waals surface area contributed by atoms with Gasteiger partial charge in [-0.05, 0) is 29.8 Å². The van der Waals surface area contributed by atoms with Crippen molar-refractivity contribution in [2.75, 3.05) is 17.7 Å². The highest BCUT2D eigenvalue weighted by Crippen LogP contribution is 2.26. The van der Waals surface area contributed by atoms with Crippen molar-refractivity contribution in [3.63, 3.8) is 0 Å². The molecule has 0 heterocycles. The van der Waals surface area contributed by atoms with Gasteiger partial charge in [0.25, 0.3) is 11.6 Å². The highest BCUT2D eigenvalue weighted by Gasteiger charge is 2.14. The predicted octanol–water partition coefficient (Wildman–Crippen LogP) is 3.18. The molecule has 0 fully saturated rings. The number of nitrogens with one attached hydrogen (secondary N) is 2. The smallest absolute Gasteiger partial charge is 0.292 e. The van der Waals surface area contributed by atoms with E-state index in [9.17, 15) is 20.2 Å². The third kappa shape index (κ3) is 3.96. The highest BCUT2D eigenvalue weighted by atomic mass is 16.6. The lowest BCUT2D eigenvalue weighted by Crippen LogP contribution is -2.13. The number of nitro benzene ring substituents is 1. The van der Waals surface area contributed by atoms with Crippen LogP contribution in [-0.2, 0) is 4.79 Å². The Labute approximate surface area is 138 Å². The van der Waals surface area contributed by atoms with Crippen molar-refractivity contribution in [1.82, 2.24) is 0 Å². The number of para-hydroxylation sites is 1. The molecule has 0 unspecified atom stereocenters. The number of hydrogen-bond acceptors (Lipinski definition) is 5. The Hall–Kier alpha value is -3.66. The molecular weight excluding hydrogens is 308 g/mol. The predicted molar refractivity (Wildman–Crippen MR) is 91.3 cm³/mol. The van der Waals surface area contributed by atoms with Crippen LogP contribution in [0, 0.1) is 21.4 Å². The Bertz CT molecular complexity index is 839. The average Bonchev–Trinajstić information content (AvgIpc) is 2.60. The van der Waals surface area contributed by atoms with E-state index in [2.05, 4.69) is 10.6 Å². The van der Waals surface area contributed by atoms with Crippen molar-refractivity contribution >= 4 is 29.0 Å². The molecule has 7 nitrogen and oxygen atoms in total. The average molecular weight is 322 g/mol. The molecule has 0 aromatic heterocycles. The van der Waals surface area contributed by atoms with Crippen LogP contribution in [0.4, 0.5) is 17.1 Å². The van der Waals surface area contributed by atoms with Gasteiger partial charge in [0.2, 0.25) is 0 Å². The zero-order chi connectivity index (χ0) is 17.5. The van der Waals surface area contributed by atoms with Gasteiger partial charge in [-0.15, -0.1) is 0 Å². The van der Waals surface area contributed by atoms with Crippen LogP contribution in [-0.4, -0.2) is 17.9 Å². The van der Waals surface area contributed by atoms with Crippen molar-refractivity contribution in [2.24, 2.45) is 0 Å². The number of rotatable bonds is 5. The molecule has 24 heavy (non-hydrogen) atoms. The molecular formula is C17H14N4O3. The van der Waals surface area contributed by atoms with Gasteiger partial charge in [0.15, 0.2) is 0 Å². The fourth-order valence-electron chi connectivity index (χ4n) is 2.04. The second-order valence-electron chi connectivity index (χ2n) is 4.77. The molecule has 0 saturated carbocycles. The third-order valence-corrected chi connectivity index (χ3v) is 3.20. The van der Waals surface area contributed by atoms with Crippen LogP contribution in [0.1, 0.15) is 5.56 Å². The summed E-state index contributed by atoms with van der Waals surface area (Å²) in [7, 11) is 1.58. The first-order valence-corrected chi connectivity index (χ1v) is 6.99. The number of hydrogen-bond donors (Lipinski definition) is 2. The second-order valence-corrected chi connectivity index (χ2v) is 4.77. The van der Waals surface area contributed by atoms with E-state index in [1.54, 1.807) is 43.4 Å². The molecule has 0 spiro atoms. The maximum atomic E-state index is 12.1. The van der Waals surface area contributed by atoms with Gasteiger partial charge in [-0.1, -0.05) is 24.3 Å². The largest absolute Gasteiger partial charge is 0.383 e. The molecule has 0 aliphatic rings. The summed E-state index contributed by atoms with van der Waals surface area (Å²) in [4.78, 5) is 22.7. The number of carbonyl (C=O) groups excluding carboxylic acids is 1. The lowest BCUT2D eigenvalue weighted by molar-refractivity contribution is -0.384. The summed E-state index contributed by atoms with van der Waals surface area (Å²) in [6.45, 7) is 0. The zero-order valence-electron chi connectivity index (χ0n) is 12.8. The number of anilines is 2. The second kappa shape index (κ2) is 7.56. The first-order chi connectivity index (χ1) is 11.5. The van der Waals surface area contributed by atoms with Crippen molar-refractivity contribution < 1.29 is 9.72 Å². The minimum atomic E-state index is -0.580. The maximum Gasteiger partial charge on any atom is 0.292 e. The Kier molecular flexibility index (Phi) is 5.26. The Morgan fingerprint density at radius 3 is 2.54 bits per heavy atom. The minimum Gasteiger partial charge on any atom is -0.383 e. The van der Waals surface area contributed by atoms with Crippen LogP contribution in [0.2, 0.25) is 0 Å². The van der Waals surface area contributed by atoms with E-state index >= 15 is 0 Å². The van der Waals surface area contributed by atoms with Crippen LogP contribution < -0.4 is 10.6 Å². The summed E-state index contributed by atoms with van der Waals surface area (Å²) >= 11 is 0. The van der Waals surface area contributed by atoms with Gasteiger partial charge in [-0.25, -0.2) is 0 Å². The van der Waals surface area contributed by atoms with Gasteiger partial charge in [-0.2, -0.15) is 5.26 Å². The number of nitro groups is 1. The normalized spacial score (nSPS) is 10.6. The monoisotopic (exact) mass is 322 g/mol. The molecule has 2 rings (SSSR count). The molecule has 2 N–H and O–H groups in total. The Balaban J connectivity index is 2.30. The molecule has 0 radical (unpaired) electrons. The van der Waals surface area contributed by atoms with Gasteiger partial charge in [0, 0.05) is 18.8 Å². The first kappa shape index (κ1) is 16.7. The van der Waals surface area contributed by atoms with Crippen molar-refractivity contribution in [3.05, 3.63) is 69.8 Å². The van der Waals surface area contributed by atoms with Gasteiger partial charge in [-0.3, -0.25) is 14.9 Å². The highest BCUT2D eigenvalue weighted by molar-refractivity contribution is 6.09. The van der Waals surface area contributed by atoms with Crippen LogP contribution in [0.15, 0.2) is 54.1 Å². The SMILES string of the molecule is CNc1ccc(/C=C(\C#N)C(=O)Nc2ccccc2)cc1[N+](=O)[O-]. The molecule has 0 aliphatic heterocycles. The summed E-state index contributed by atoms with van der Waals surface area (Å²) in [6, 6.07) is 14.9. The topological polar surface area (TPSA) is 108 Å². The van der Waals surface area contributed by atoms with Gasteiger partial charge in [0.05, 0.1) is 4.92 Å². The molecule has 0 atom stereocenters. The van der Waals surface area contributed by atoms with Crippen molar-refractivity contribution in [3.8, 4) is 6.07 Å². The van der Waals surface area contributed by atoms with E-state index in [0.29, 0.717) is 16.9 Å². The Morgan fingerprint density at radius 2 is 1.96 bits per heavy atom. The van der Waals surface area contributed by atoms with Crippen LogP contribution in [0.25, 0.3) is 6.08 Å². The molecule has 2 aromatic carbocycles. The lowest BCUT2D eigenvalue weighted by atomic mass is 10.1. The number of benzene rings is 2. The Morgan fingerprint density at radius 1 is 1.25 bits per heavy atom. The first-order valence-electron chi connectivity index (χ1n) is 6.99. The van der Waals surface area contributed by atoms with Crippen LogP contribution >= 0.6 is 0 Å². The summed E-state index contributed by atoms with van der Waals surface area (Å²) in [5, 5.41) is 25.6. The summed E-state index contributed by atoms with van der Waals surface area (Å²) in [6.07, 6.45) is 1.31. The lowest BCUT2D eigenvalue weighted by Gasteiger charge is -2.05. The number of carbonyl (C=O) groups is 1. The van der Waals surface area contributed by atoms with Gasteiger partial charge in [0.1, 0.15) is 17.3 Å². The van der Waals surface area contributed by atoms with Gasteiger partial charge < -0.3 is 10.6 Å². The molecule has 7 heteroatoms. The van der Waals surface area contributed by atoms with E-state index in [1.165, 1.54) is 18.2 Å². The zero-order valence-corrected chi connectivity index (χ0v) is 12.8. The summed E-state index contributed by atoms with van der Waals surface area (Å²) in [5.74, 6) is -0.580. The molecule has 0 aliphatic carbocycles. The third-order valence-electron chi connectivity index (χ3n) is 3.20. The minimum absolute atomic E-state index is 0.132. The fraction of sp³-hybridized carbons (Fsp3) is 0.0588. The van der Waals surface area contributed by atoms with Crippen LogP contribution in [0.3, 0.4) is 0 Å². The van der Waals surface area contributed by atoms with Crippen molar-refractivity contribution in [1.29, 1.82) is 5.26 Å². The van der Waals surface area contributed by atoms with Gasteiger partial charge >= 0.3 is 0 Å². The quantitative estimate of drug-likeness (QED) is 0.380. The van der Waals surface area contributed by atoms with Crippen molar-refractivity contribution in [2.45, 2.75) is 0 Å². The number of nitrogens with zero attached hydrogens (tertiary/aromatic N) is 2. The molecule has 120 valence electrons. The molecule has 1 amide bonds. The van der Waals surface area contributed by atoms with E-state index in [1.807, 2.05) is 6.07 Å². The molecule has 0 saturated heterocycles. The fourth-order valence-corrected chi connectivity index (χ4v) is 2.04. The molecule has 0 bridgehead atoms. The van der Waals surface area contributed by atoms with E-state index in [4.69, 9.17) is 0 Å². The maximum absolute atomic E-state index is 12.1. The number of amides is 1. The standard InChI is InChI=1S/C17H14N4O3/c1-19-15-8-7-12(10-16(15)21(23)24)9-13(11-18)17(22)20-14-5-3-2-4-6-14/h2-10,19H,1H3,(H,20,22)/b13-9+. The summed E-state index contributed by atoms with van der Waals surface area (Å²) < 4.78 is 0. The van der Waals surface area contributed by atoms with E-state index < -0.39 is 10.8 Å². The number of nitriles is 1. The summed E-state index contributed by atoms with van der Waals surface area (Å²) in [5.41, 5.74) is 1.02. The van der Waals surface area contributed by atoms with E-state index in [-0.39, 0.29) is 11.3 Å². The van der Waals surface area contributed by atoms with Crippen LogP contribution in [0.5, 0.6) is 0 Å².